The Hall–Kier alpha value is -1.12. The predicted molar refractivity (Wildman–Crippen MR) is 81.2 cm³/mol. The second-order valence-electron chi connectivity index (χ2n) is 4.09. The fourth-order valence-corrected chi connectivity index (χ4v) is 2.61. The number of methoxy groups -OCH3 is 1. The van der Waals surface area contributed by atoms with E-state index in [2.05, 4.69) is 21.2 Å². The molecule has 1 rings (SSSR count). The molecule has 0 radical (unpaired) electrons. The molecule has 0 aliphatic rings. The maximum Gasteiger partial charge on any atom is 0.240 e. The smallest absolute Gasteiger partial charge is 0.240 e. The summed E-state index contributed by atoms with van der Waals surface area (Å²) in [5, 5.41) is 2.59. The SMILES string of the molecule is COCCNC(=O)CN(c1ccc(Br)cc1)S(C)(=O)=O. The van der Waals surface area contributed by atoms with E-state index in [1.807, 2.05) is 0 Å². The summed E-state index contributed by atoms with van der Waals surface area (Å²) in [7, 11) is -2.01. The Bertz CT molecular complexity index is 545. The van der Waals surface area contributed by atoms with Crippen molar-refractivity contribution >= 4 is 37.5 Å². The van der Waals surface area contributed by atoms with Crippen LogP contribution in [0.25, 0.3) is 0 Å². The third kappa shape index (κ3) is 5.48. The summed E-state index contributed by atoms with van der Waals surface area (Å²) in [5.74, 6) is -0.379. The summed E-state index contributed by atoms with van der Waals surface area (Å²) in [6.07, 6.45) is 1.07. The van der Waals surface area contributed by atoms with Crippen LogP contribution < -0.4 is 9.62 Å². The van der Waals surface area contributed by atoms with E-state index in [0.717, 1.165) is 15.0 Å². The van der Waals surface area contributed by atoms with Gasteiger partial charge in [-0.1, -0.05) is 15.9 Å². The van der Waals surface area contributed by atoms with Crippen LogP contribution in [-0.4, -0.2) is 47.4 Å². The van der Waals surface area contributed by atoms with Gasteiger partial charge in [-0.05, 0) is 24.3 Å². The molecular formula is C12H17BrN2O4S. The summed E-state index contributed by atoms with van der Waals surface area (Å²) in [6, 6.07) is 6.70. The fraction of sp³-hybridized carbons (Fsp3) is 0.417. The van der Waals surface area contributed by atoms with Crippen molar-refractivity contribution in [3.05, 3.63) is 28.7 Å². The van der Waals surface area contributed by atoms with Gasteiger partial charge in [0, 0.05) is 18.1 Å². The number of amides is 1. The van der Waals surface area contributed by atoms with Crippen molar-refractivity contribution in [3.63, 3.8) is 0 Å². The lowest BCUT2D eigenvalue weighted by Crippen LogP contribution is -2.41. The van der Waals surface area contributed by atoms with Gasteiger partial charge in [-0.3, -0.25) is 9.10 Å². The summed E-state index contributed by atoms with van der Waals surface area (Å²) < 4.78 is 30.3. The maximum atomic E-state index is 11.8. The lowest BCUT2D eigenvalue weighted by molar-refractivity contribution is -0.119. The van der Waals surface area contributed by atoms with Gasteiger partial charge < -0.3 is 10.1 Å². The first-order valence-corrected chi connectivity index (χ1v) is 8.47. The van der Waals surface area contributed by atoms with Crippen molar-refractivity contribution in [2.45, 2.75) is 0 Å². The fourth-order valence-electron chi connectivity index (χ4n) is 1.49. The number of sulfonamides is 1. The molecule has 1 aromatic rings. The molecule has 0 aliphatic carbocycles. The average Bonchev–Trinajstić information content (AvgIpc) is 2.36. The number of nitrogens with one attached hydrogen (secondary N) is 1. The molecule has 0 unspecified atom stereocenters. The van der Waals surface area contributed by atoms with Crippen LogP contribution in [0.2, 0.25) is 0 Å². The normalized spacial score (nSPS) is 11.2. The first kappa shape index (κ1) is 16.9. The molecular weight excluding hydrogens is 348 g/mol. The molecule has 0 atom stereocenters. The molecule has 112 valence electrons. The summed E-state index contributed by atoms with van der Waals surface area (Å²) in [4.78, 5) is 11.7. The Morgan fingerprint density at radius 2 is 1.95 bits per heavy atom. The van der Waals surface area contributed by atoms with Gasteiger partial charge in [0.1, 0.15) is 6.54 Å². The minimum atomic E-state index is -3.53. The minimum Gasteiger partial charge on any atom is -0.383 e. The molecule has 1 aromatic carbocycles. The second-order valence-corrected chi connectivity index (χ2v) is 6.91. The Labute approximate surface area is 127 Å². The highest BCUT2D eigenvalue weighted by molar-refractivity contribution is 9.10. The van der Waals surface area contributed by atoms with Crippen LogP contribution in [0.3, 0.4) is 0 Å². The topological polar surface area (TPSA) is 75.7 Å². The zero-order chi connectivity index (χ0) is 15.2. The summed E-state index contributed by atoms with van der Waals surface area (Å²) in [5.41, 5.74) is 0.442. The van der Waals surface area contributed by atoms with E-state index in [0.29, 0.717) is 18.8 Å². The van der Waals surface area contributed by atoms with E-state index in [1.54, 1.807) is 24.3 Å². The maximum absolute atomic E-state index is 11.8. The van der Waals surface area contributed by atoms with Gasteiger partial charge in [0.05, 0.1) is 18.6 Å². The number of benzene rings is 1. The van der Waals surface area contributed by atoms with Crippen LogP contribution in [0.4, 0.5) is 5.69 Å². The van der Waals surface area contributed by atoms with Crippen LogP contribution in [-0.2, 0) is 19.6 Å². The predicted octanol–water partition coefficient (Wildman–Crippen LogP) is 0.978. The number of ether oxygens (including phenoxy) is 1. The van der Waals surface area contributed by atoms with E-state index in [-0.39, 0.29) is 12.5 Å². The van der Waals surface area contributed by atoms with Crippen molar-refractivity contribution in [1.82, 2.24) is 5.32 Å². The highest BCUT2D eigenvalue weighted by Crippen LogP contribution is 2.20. The molecule has 0 bridgehead atoms. The number of anilines is 1. The molecule has 0 saturated carbocycles. The molecule has 20 heavy (non-hydrogen) atoms. The van der Waals surface area contributed by atoms with Gasteiger partial charge >= 0.3 is 0 Å². The van der Waals surface area contributed by atoms with E-state index < -0.39 is 10.0 Å². The van der Waals surface area contributed by atoms with E-state index in [9.17, 15) is 13.2 Å². The Balaban J connectivity index is 2.81. The van der Waals surface area contributed by atoms with Gasteiger partial charge in [-0.2, -0.15) is 0 Å². The molecule has 1 N–H and O–H groups in total. The largest absolute Gasteiger partial charge is 0.383 e. The second kappa shape index (κ2) is 7.61. The highest BCUT2D eigenvalue weighted by atomic mass is 79.9. The van der Waals surface area contributed by atoms with Crippen LogP contribution in [0.5, 0.6) is 0 Å². The number of hydrogen-bond donors (Lipinski definition) is 1. The van der Waals surface area contributed by atoms with Gasteiger partial charge in [-0.25, -0.2) is 8.42 Å². The van der Waals surface area contributed by atoms with Gasteiger partial charge in [-0.15, -0.1) is 0 Å². The van der Waals surface area contributed by atoms with E-state index >= 15 is 0 Å². The van der Waals surface area contributed by atoms with E-state index in [1.165, 1.54) is 7.11 Å². The van der Waals surface area contributed by atoms with Crippen molar-refractivity contribution in [2.24, 2.45) is 0 Å². The van der Waals surface area contributed by atoms with Crippen molar-refractivity contribution < 1.29 is 17.9 Å². The standard InChI is InChI=1S/C12H17BrN2O4S/c1-19-8-7-14-12(16)9-15(20(2,17)18)11-5-3-10(13)4-6-11/h3-6H,7-9H2,1-2H3,(H,14,16). The Morgan fingerprint density at radius 3 is 2.45 bits per heavy atom. The third-order valence-corrected chi connectivity index (χ3v) is 4.10. The lowest BCUT2D eigenvalue weighted by Gasteiger charge is -2.21. The van der Waals surface area contributed by atoms with Gasteiger partial charge in [0.25, 0.3) is 0 Å². The zero-order valence-corrected chi connectivity index (χ0v) is 13.7. The number of carbonyl (C=O) groups is 1. The molecule has 1 amide bonds. The minimum absolute atomic E-state index is 0.260. The summed E-state index contributed by atoms with van der Waals surface area (Å²) >= 11 is 3.28. The first-order chi connectivity index (χ1) is 9.34. The third-order valence-electron chi connectivity index (χ3n) is 2.43. The molecule has 6 nitrogen and oxygen atoms in total. The van der Waals surface area contributed by atoms with Crippen molar-refractivity contribution in [2.75, 3.05) is 37.4 Å². The van der Waals surface area contributed by atoms with Gasteiger partial charge in [0.15, 0.2) is 0 Å². The number of carbonyl (C=O) groups excluding carboxylic acids is 1. The van der Waals surface area contributed by atoms with Gasteiger partial charge in [0.2, 0.25) is 15.9 Å². The molecule has 8 heteroatoms. The Morgan fingerprint density at radius 1 is 1.35 bits per heavy atom. The van der Waals surface area contributed by atoms with Crippen LogP contribution >= 0.6 is 15.9 Å². The highest BCUT2D eigenvalue weighted by Gasteiger charge is 2.20. The average molecular weight is 365 g/mol. The number of hydrogen-bond acceptors (Lipinski definition) is 4. The van der Waals surface area contributed by atoms with Crippen molar-refractivity contribution in [3.8, 4) is 0 Å². The number of rotatable bonds is 7. The molecule has 0 aromatic heterocycles. The Kier molecular flexibility index (Phi) is 6.44. The van der Waals surface area contributed by atoms with Crippen LogP contribution in [0, 0.1) is 0 Å². The summed E-state index contributed by atoms with van der Waals surface area (Å²) in [6.45, 7) is 0.459. The molecule has 0 heterocycles. The quantitative estimate of drug-likeness (QED) is 0.731. The monoisotopic (exact) mass is 364 g/mol. The van der Waals surface area contributed by atoms with Crippen molar-refractivity contribution in [1.29, 1.82) is 0 Å². The molecule has 0 saturated heterocycles. The molecule has 0 spiro atoms. The van der Waals surface area contributed by atoms with Crippen LogP contribution in [0.1, 0.15) is 0 Å². The number of halogens is 1. The van der Waals surface area contributed by atoms with Crippen LogP contribution in [0.15, 0.2) is 28.7 Å². The van der Waals surface area contributed by atoms with E-state index in [4.69, 9.17) is 4.74 Å². The number of nitrogens with zero attached hydrogens (tertiary/aromatic N) is 1. The lowest BCUT2D eigenvalue weighted by atomic mass is 10.3. The molecule has 0 aliphatic heterocycles. The first-order valence-electron chi connectivity index (χ1n) is 5.83. The molecule has 0 fully saturated rings. The zero-order valence-electron chi connectivity index (χ0n) is 11.3.